The van der Waals surface area contributed by atoms with E-state index in [1.165, 1.54) is 13.1 Å². The number of hydrogen-bond donors (Lipinski definition) is 1. The number of nitrogens with one attached hydrogen (secondary N) is 1. The minimum Gasteiger partial charge on any atom is -0.438 e. The second-order valence-electron chi connectivity index (χ2n) is 3.74. The SMILES string of the molecule is CC(=O)c1cnc(CC2CCNC2)o1. The predicted molar refractivity (Wildman–Crippen MR) is 51.2 cm³/mol. The minimum absolute atomic E-state index is 0.0618. The summed E-state index contributed by atoms with van der Waals surface area (Å²) in [5, 5.41) is 3.29. The third-order valence-corrected chi connectivity index (χ3v) is 2.53. The fraction of sp³-hybridized carbons (Fsp3) is 0.600. The highest BCUT2D eigenvalue weighted by Crippen LogP contribution is 2.15. The lowest BCUT2D eigenvalue weighted by Gasteiger charge is -2.02. The van der Waals surface area contributed by atoms with Crippen LogP contribution in [0, 0.1) is 5.92 Å². The average molecular weight is 194 g/mol. The fourth-order valence-corrected chi connectivity index (χ4v) is 1.70. The summed E-state index contributed by atoms with van der Waals surface area (Å²) in [6.07, 6.45) is 3.51. The van der Waals surface area contributed by atoms with Gasteiger partial charge in [0.25, 0.3) is 0 Å². The van der Waals surface area contributed by atoms with E-state index in [2.05, 4.69) is 10.3 Å². The van der Waals surface area contributed by atoms with E-state index in [9.17, 15) is 4.79 Å². The van der Waals surface area contributed by atoms with Crippen LogP contribution in [0.3, 0.4) is 0 Å². The van der Waals surface area contributed by atoms with Crippen molar-refractivity contribution >= 4 is 5.78 Å². The molecule has 0 aromatic carbocycles. The standard InChI is InChI=1S/C10H14N2O2/c1-7(13)9-6-12-10(14-9)4-8-2-3-11-5-8/h6,8,11H,2-5H2,1H3. The first kappa shape index (κ1) is 9.40. The van der Waals surface area contributed by atoms with Crippen molar-refractivity contribution in [2.75, 3.05) is 13.1 Å². The Kier molecular flexibility index (Phi) is 2.63. The first-order valence-corrected chi connectivity index (χ1v) is 4.92. The van der Waals surface area contributed by atoms with E-state index in [0.29, 0.717) is 17.6 Å². The second-order valence-corrected chi connectivity index (χ2v) is 3.74. The normalized spacial score (nSPS) is 21.4. The zero-order chi connectivity index (χ0) is 9.97. The van der Waals surface area contributed by atoms with Gasteiger partial charge in [0.2, 0.25) is 0 Å². The van der Waals surface area contributed by atoms with E-state index in [1.807, 2.05) is 0 Å². The molecule has 0 saturated carbocycles. The molecule has 1 fully saturated rings. The molecule has 0 aliphatic carbocycles. The molecule has 1 aliphatic rings. The van der Waals surface area contributed by atoms with Crippen LogP contribution < -0.4 is 5.32 Å². The lowest BCUT2D eigenvalue weighted by molar-refractivity contribution is 0.0985. The van der Waals surface area contributed by atoms with Gasteiger partial charge in [0.1, 0.15) is 0 Å². The van der Waals surface area contributed by atoms with Gasteiger partial charge in [0.05, 0.1) is 6.20 Å². The van der Waals surface area contributed by atoms with E-state index < -0.39 is 0 Å². The zero-order valence-electron chi connectivity index (χ0n) is 8.25. The number of nitrogens with zero attached hydrogens (tertiary/aromatic N) is 1. The molecule has 0 amide bonds. The molecule has 1 N–H and O–H groups in total. The summed E-state index contributed by atoms with van der Waals surface area (Å²) >= 11 is 0. The Hall–Kier alpha value is -1.16. The molecule has 2 rings (SSSR count). The van der Waals surface area contributed by atoms with Gasteiger partial charge in [-0.25, -0.2) is 4.98 Å². The second kappa shape index (κ2) is 3.92. The Morgan fingerprint density at radius 1 is 1.79 bits per heavy atom. The lowest BCUT2D eigenvalue weighted by Crippen LogP contribution is -2.10. The van der Waals surface area contributed by atoms with Crippen LogP contribution in [-0.2, 0) is 6.42 Å². The molecule has 76 valence electrons. The van der Waals surface area contributed by atoms with Crippen molar-refractivity contribution in [1.29, 1.82) is 0 Å². The first-order chi connectivity index (χ1) is 6.75. The molecule has 0 radical (unpaired) electrons. The molecule has 4 nitrogen and oxygen atoms in total. The van der Waals surface area contributed by atoms with Crippen LogP contribution >= 0.6 is 0 Å². The topological polar surface area (TPSA) is 55.1 Å². The van der Waals surface area contributed by atoms with E-state index in [4.69, 9.17) is 4.42 Å². The summed E-state index contributed by atoms with van der Waals surface area (Å²) in [6, 6.07) is 0. The van der Waals surface area contributed by atoms with Crippen molar-refractivity contribution in [3.8, 4) is 0 Å². The molecule has 1 atom stereocenters. The molecule has 0 spiro atoms. The quantitative estimate of drug-likeness (QED) is 0.730. The van der Waals surface area contributed by atoms with Crippen LogP contribution in [0.15, 0.2) is 10.6 Å². The van der Waals surface area contributed by atoms with Crippen molar-refractivity contribution in [1.82, 2.24) is 10.3 Å². The number of Topliss-reactive ketones (excluding diaryl/α,β-unsaturated/α-hetero) is 1. The van der Waals surface area contributed by atoms with Gasteiger partial charge in [0, 0.05) is 13.3 Å². The highest BCUT2D eigenvalue weighted by Gasteiger charge is 2.18. The molecule has 4 heteroatoms. The third-order valence-electron chi connectivity index (χ3n) is 2.53. The van der Waals surface area contributed by atoms with Gasteiger partial charge in [-0.05, 0) is 25.4 Å². The first-order valence-electron chi connectivity index (χ1n) is 4.92. The summed E-state index contributed by atoms with van der Waals surface area (Å²) < 4.78 is 5.32. The maximum absolute atomic E-state index is 10.9. The molecule has 1 aromatic rings. The van der Waals surface area contributed by atoms with Crippen LogP contribution in [0.5, 0.6) is 0 Å². The molecule has 1 aliphatic heterocycles. The van der Waals surface area contributed by atoms with Crippen LogP contribution in [0.2, 0.25) is 0 Å². The monoisotopic (exact) mass is 194 g/mol. The third kappa shape index (κ3) is 2.01. The number of carbonyl (C=O) groups excluding carboxylic acids is 1. The zero-order valence-corrected chi connectivity index (χ0v) is 8.25. The Bertz CT molecular complexity index is 327. The molecule has 1 aromatic heterocycles. The van der Waals surface area contributed by atoms with Crippen molar-refractivity contribution < 1.29 is 9.21 Å². The maximum Gasteiger partial charge on any atom is 0.196 e. The van der Waals surface area contributed by atoms with Gasteiger partial charge >= 0.3 is 0 Å². The maximum atomic E-state index is 10.9. The van der Waals surface area contributed by atoms with Gasteiger partial charge in [-0.1, -0.05) is 0 Å². The summed E-state index contributed by atoms with van der Waals surface area (Å²) in [6.45, 7) is 3.59. The molecule has 14 heavy (non-hydrogen) atoms. The van der Waals surface area contributed by atoms with Crippen LogP contribution in [-0.4, -0.2) is 23.9 Å². The predicted octanol–water partition coefficient (Wildman–Crippen LogP) is 1.03. The summed E-state index contributed by atoms with van der Waals surface area (Å²) in [5.74, 6) is 1.59. The Morgan fingerprint density at radius 3 is 3.21 bits per heavy atom. The van der Waals surface area contributed by atoms with Gasteiger partial charge < -0.3 is 9.73 Å². The van der Waals surface area contributed by atoms with Gasteiger partial charge in [-0.15, -0.1) is 0 Å². The summed E-state index contributed by atoms with van der Waals surface area (Å²) in [7, 11) is 0. The number of aromatic nitrogens is 1. The molecular weight excluding hydrogens is 180 g/mol. The number of carbonyl (C=O) groups is 1. The number of ketones is 1. The van der Waals surface area contributed by atoms with Crippen molar-refractivity contribution in [2.45, 2.75) is 19.8 Å². The molecule has 2 heterocycles. The van der Waals surface area contributed by atoms with E-state index in [1.54, 1.807) is 0 Å². The Morgan fingerprint density at radius 2 is 2.64 bits per heavy atom. The highest BCUT2D eigenvalue weighted by molar-refractivity contribution is 5.90. The van der Waals surface area contributed by atoms with Crippen molar-refractivity contribution in [3.05, 3.63) is 17.8 Å². The number of rotatable bonds is 3. The summed E-state index contributed by atoms with van der Waals surface area (Å²) in [5.41, 5.74) is 0. The molecule has 1 unspecified atom stereocenters. The molecular formula is C10H14N2O2. The lowest BCUT2D eigenvalue weighted by atomic mass is 10.1. The van der Waals surface area contributed by atoms with Gasteiger partial charge in [-0.2, -0.15) is 0 Å². The molecule has 1 saturated heterocycles. The number of hydrogen-bond acceptors (Lipinski definition) is 4. The van der Waals surface area contributed by atoms with Crippen LogP contribution in [0.1, 0.15) is 29.8 Å². The molecule has 0 bridgehead atoms. The van der Waals surface area contributed by atoms with Gasteiger partial charge in [-0.3, -0.25) is 4.79 Å². The van der Waals surface area contributed by atoms with Gasteiger partial charge in [0.15, 0.2) is 17.4 Å². The summed E-state index contributed by atoms with van der Waals surface area (Å²) in [4.78, 5) is 15.0. The highest BCUT2D eigenvalue weighted by atomic mass is 16.4. The van der Waals surface area contributed by atoms with Crippen molar-refractivity contribution in [2.24, 2.45) is 5.92 Å². The van der Waals surface area contributed by atoms with Crippen LogP contribution in [0.25, 0.3) is 0 Å². The largest absolute Gasteiger partial charge is 0.438 e. The average Bonchev–Trinajstić information content (AvgIpc) is 2.75. The minimum atomic E-state index is -0.0618. The van der Waals surface area contributed by atoms with E-state index >= 15 is 0 Å². The van der Waals surface area contributed by atoms with Crippen LogP contribution in [0.4, 0.5) is 0 Å². The van der Waals surface area contributed by atoms with E-state index in [0.717, 1.165) is 25.9 Å². The fourth-order valence-electron chi connectivity index (χ4n) is 1.70. The Balaban J connectivity index is 1.98. The number of oxazole rings is 1. The van der Waals surface area contributed by atoms with E-state index in [-0.39, 0.29) is 5.78 Å². The Labute approximate surface area is 82.7 Å². The smallest absolute Gasteiger partial charge is 0.196 e. The van der Waals surface area contributed by atoms with Crippen molar-refractivity contribution in [3.63, 3.8) is 0 Å².